The van der Waals surface area contributed by atoms with E-state index in [2.05, 4.69) is 29.8 Å². The second-order valence-electron chi connectivity index (χ2n) is 3.75. The van der Waals surface area contributed by atoms with Crippen LogP contribution in [0.4, 0.5) is 0 Å². The minimum absolute atomic E-state index is 0.304. The van der Waals surface area contributed by atoms with Gasteiger partial charge < -0.3 is 9.47 Å². The lowest BCUT2D eigenvalue weighted by Crippen LogP contribution is -2.01. The minimum atomic E-state index is 0.304. The molecule has 1 aromatic rings. The SMILES string of the molecule is COc1ccc(C(Br)C(C)C)c(OC)c1. The van der Waals surface area contributed by atoms with E-state index in [1.807, 2.05) is 18.2 Å². The van der Waals surface area contributed by atoms with Gasteiger partial charge in [0.15, 0.2) is 0 Å². The fraction of sp³-hybridized carbons (Fsp3) is 0.500. The van der Waals surface area contributed by atoms with E-state index in [1.54, 1.807) is 14.2 Å². The summed E-state index contributed by atoms with van der Waals surface area (Å²) in [5, 5.41) is 0. The van der Waals surface area contributed by atoms with Crippen LogP contribution in [0.3, 0.4) is 0 Å². The van der Waals surface area contributed by atoms with E-state index in [4.69, 9.17) is 9.47 Å². The van der Waals surface area contributed by atoms with Crippen LogP contribution in [-0.4, -0.2) is 14.2 Å². The number of halogens is 1. The van der Waals surface area contributed by atoms with Gasteiger partial charge in [0, 0.05) is 16.5 Å². The smallest absolute Gasteiger partial charge is 0.126 e. The molecule has 0 N–H and O–H groups in total. The van der Waals surface area contributed by atoms with Crippen molar-refractivity contribution in [1.82, 2.24) is 0 Å². The minimum Gasteiger partial charge on any atom is -0.497 e. The first-order valence-corrected chi connectivity index (χ1v) is 5.87. The van der Waals surface area contributed by atoms with Crippen molar-refractivity contribution < 1.29 is 9.47 Å². The highest BCUT2D eigenvalue weighted by atomic mass is 79.9. The third kappa shape index (κ3) is 2.88. The molecule has 84 valence electrons. The van der Waals surface area contributed by atoms with Gasteiger partial charge in [-0.3, -0.25) is 0 Å². The number of alkyl halides is 1. The standard InChI is InChI=1S/C12H17BrO2/c1-8(2)12(13)10-6-5-9(14-3)7-11(10)15-4/h5-8,12H,1-4H3. The van der Waals surface area contributed by atoms with Crippen molar-refractivity contribution in [2.45, 2.75) is 18.7 Å². The molecule has 0 aliphatic heterocycles. The third-order valence-electron chi connectivity index (χ3n) is 2.32. The Labute approximate surface area is 99.7 Å². The molecule has 0 saturated carbocycles. The van der Waals surface area contributed by atoms with Gasteiger partial charge in [-0.05, 0) is 12.0 Å². The molecular formula is C12H17BrO2. The van der Waals surface area contributed by atoms with Crippen LogP contribution < -0.4 is 9.47 Å². The molecule has 0 aromatic heterocycles. The van der Waals surface area contributed by atoms with E-state index in [9.17, 15) is 0 Å². The van der Waals surface area contributed by atoms with Crippen molar-refractivity contribution in [3.8, 4) is 11.5 Å². The highest BCUT2D eigenvalue weighted by molar-refractivity contribution is 9.09. The molecule has 1 atom stereocenters. The molecule has 1 rings (SSSR count). The Kier molecular flexibility index (Phi) is 4.45. The molecule has 15 heavy (non-hydrogen) atoms. The summed E-state index contributed by atoms with van der Waals surface area (Å²) >= 11 is 3.67. The molecule has 0 aliphatic carbocycles. The first-order valence-electron chi connectivity index (χ1n) is 4.96. The van der Waals surface area contributed by atoms with Crippen LogP contribution >= 0.6 is 15.9 Å². The van der Waals surface area contributed by atoms with E-state index in [0.717, 1.165) is 17.1 Å². The number of rotatable bonds is 4. The van der Waals surface area contributed by atoms with Gasteiger partial charge >= 0.3 is 0 Å². The average molecular weight is 273 g/mol. The van der Waals surface area contributed by atoms with Crippen molar-refractivity contribution in [3.63, 3.8) is 0 Å². The van der Waals surface area contributed by atoms with Gasteiger partial charge in [-0.25, -0.2) is 0 Å². The van der Waals surface area contributed by atoms with E-state index in [-0.39, 0.29) is 0 Å². The van der Waals surface area contributed by atoms with Crippen LogP contribution in [0.15, 0.2) is 18.2 Å². The fourth-order valence-electron chi connectivity index (χ4n) is 1.41. The zero-order chi connectivity index (χ0) is 11.4. The highest BCUT2D eigenvalue weighted by Crippen LogP contribution is 2.38. The van der Waals surface area contributed by atoms with Crippen LogP contribution in [0.1, 0.15) is 24.2 Å². The highest BCUT2D eigenvalue weighted by Gasteiger charge is 2.16. The Morgan fingerprint density at radius 1 is 1.13 bits per heavy atom. The van der Waals surface area contributed by atoms with Crippen molar-refractivity contribution in [2.24, 2.45) is 5.92 Å². The van der Waals surface area contributed by atoms with Crippen molar-refractivity contribution >= 4 is 15.9 Å². The van der Waals surface area contributed by atoms with E-state index < -0.39 is 0 Å². The molecule has 0 bridgehead atoms. The lowest BCUT2D eigenvalue weighted by Gasteiger charge is -2.18. The van der Waals surface area contributed by atoms with Crippen molar-refractivity contribution in [1.29, 1.82) is 0 Å². The lowest BCUT2D eigenvalue weighted by atomic mass is 10.0. The second-order valence-corrected chi connectivity index (χ2v) is 4.74. The molecular weight excluding hydrogens is 256 g/mol. The monoisotopic (exact) mass is 272 g/mol. The van der Waals surface area contributed by atoms with Gasteiger partial charge in [0.1, 0.15) is 11.5 Å². The van der Waals surface area contributed by atoms with Crippen LogP contribution in [0.2, 0.25) is 0 Å². The van der Waals surface area contributed by atoms with Crippen LogP contribution in [0, 0.1) is 5.92 Å². The second kappa shape index (κ2) is 5.40. The molecule has 1 aromatic carbocycles. The van der Waals surface area contributed by atoms with Gasteiger partial charge in [-0.2, -0.15) is 0 Å². The van der Waals surface area contributed by atoms with E-state index >= 15 is 0 Å². The maximum absolute atomic E-state index is 5.35. The van der Waals surface area contributed by atoms with Gasteiger partial charge in [-0.1, -0.05) is 35.8 Å². The Balaban J connectivity index is 3.07. The number of ether oxygens (including phenoxy) is 2. The molecule has 0 amide bonds. The Hall–Kier alpha value is -0.700. The Morgan fingerprint density at radius 3 is 2.27 bits per heavy atom. The van der Waals surface area contributed by atoms with Gasteiger partial charge in [0.25, 0.3) is 0 Å². The molecule has 0 spiro atoms. The first-order chi connectivity index (χ1) is 7.10. The largest absolute Gasteiger partial charge is 0.497 e. The zero-order valence-electron chi connectivity index (χ0n) is 9.58. The molecule has 2 nitrogen and oxygen atoms in total. The summed E-state index contributed by atoms with van der Waals surface area (Å²) in [6.45, 7) is 4.34. The predicted molar refractivity (Wildman–Crippen MR) is 66.1 cm³/mol. The summed E-state index contributed by atoms with van der Waals surface area (Å²) in [6.07, 6.45) is 0. The first kappa shape index (κ1) is 12.4. The normalized spacial score (nSPS) is 12.7. The molecule has 1 unspecified atom stereocenters. The number of benzene rings is 1. The summed E-state index contributed by atoms with van der Waals surface area (Å²) in [5.74, 6) is 2.20. The molecule has 0 aliphatic rings. The number of hydrogen-bond donors (Lipinski definition) is 0. The van der Waals surface area contributed by atoms with E-state index in [0.29, 0.717) is 10.7 Å². The predicted octanol–water partition coefficient (Wildman–Crippen LogP) is 3.80. The summed E-state index contributed by atoms with van der Waals surface area (Å²) in [7, 11) is 3.33. The third-order valence-corrected chi connectivity index (χ3v) is 3.87. The zero-order valence-corrected chi connectivity index (χ0v) is 11.2. The van der Waals surface area contributed by atoms with Crippen LogP contribution in [0.25, 0.3) is 0 Å². The molecule has 0 fully saturated rings. The van der Waals surface area contributed by atoms with Crippen LogP contribution in [-0.2, 0) is 0 Å². The fourth-order valence-corrected chi connectivity index (χ4v) is 1.78. The molecule has 3 heteroatoms. The molecule has 0 saturated heterocycles. The van der Waals surface area contributed by atoms with Gasteiger partial charge in [0.2, 0.25) is 0 Å². The summed E-state index contributed by atoms with van der Waals surface area (Å²) in [6, 6.07) is 5.90. The summed E-state index contributed by atoms with van der Waals surface area (Å²) < 4.78 is 10.5. The molecule has 0 radical (unpaired) electrons. The lowest BCUT2D eigenvalue weighted by molar-refractivity contribution is 0.389. The topological polar surface area (TPSA) is 18.5 Å². The number of methoxy groups -OCH3 is 2. The maximum atomic E-state index is 5.35. The Bertz CT molecular complexity index is 323. The van der Waals surface area contributed by atoms with Gasteiger partial charge in [0.05, 0.1) is 14.2 Å². The van der Waals surface area contributed by atoms with Crippen molar-refractivity contribution in [2.75, 3.05) is 14.2 Å². The number of hydrogen-bond acceptors (Lipinski definition) is 2. The quantitative estimate of drug-likeness (QED) is 0.777. The van der Waals surface area contributed by atoms with Crippen LogP contribution in [0.5, 0.6) is 11.5 Å². The summed E-state index contributed by atoms with van der Waals surface area (Å²) in [5.41, 5.74) is 1.16. The Morgan fingerprint density at radius 2 is 1.80 bits per heavy atom. The van der Waals surface area contributed by atoms with Gasteiger partial charge in [-0.15, -0.1) is 0 Å². The van der Waals surface area contributed by atoms with Crippen molar-refractivity contribution in [3.05, 3.63) is 23.8 Å². The molecule has 0 heterocycles. The van der Waals surface area contributed by atoms with E-state index in [1.165, 1.54) is 0 Å². The maximum Gasteiger partial charge on any atom is 0.126 e. The summed E-state index contributed by atoms with van der Waals surface area (Å²) in [4.78, 5) is 0.304. The average Bonchev–Trinajstić information content (AvgIpc) is 2.27.